The molecular weight excluding hydrogens is 222 g/mol. The molecule has 90 valence electrons. The third-order valence-corrected chi connectivity index (χ3v) is 2.11. The molecule has 0 radical (unpaired) electrons. The minimum atomic E-state index is -0.500. The molecular formula is C12H13NO4. The van der Waals surface area contributed by atoms with Gasteiger partial charge in [-0.3, -0.25) is 14.4 Å². The highest BCUT2D eigenvalue weighted by Crippen LogP contribution is 2.03. The molecule has 1 aromatic carbocycles. The van der Waals surface area contributed by atoms with Crippen molar-refractivity contribution in [2.75, 3.05) is 13.7 Å². The van der Waals surface area contributed by atoms with Gasteiger partial charge in [0, 0.05) is 5.56 Å². The van der Waals surface area contributed by atoms with Crippen molar-refractivity contribution in [1.29, 1.82) is 0 Å². The molecule has 0 saturated heterocycles. The summed E-state index contributed by atoms with van der Waals surface area (Å²) in [6.45, 7) is -0.150. The van der Waals surface area contributed by atoms with E-state index in [1.807, 2.05) is 0 Å². The molecule has 0 heterocycles. The van der Waals surface area contributed by atoms with Crippen LogP contribution in [0.3, 0.4) is 0 Å². The first-order valence-corrected chi connectivity index (χ1v) is 5.03. The standard InChI is InChI=1S/C12H13NO4/c1-17-12(16)7-13-11(15)6-9-3-2-4-10(5-9)8-14/h2-5,8H,6-7H2,1H3,(H,13,15). The molecule has 1 N–H and O–H groups in total. The first-order valence-electron chi connectivity index (χ1n) is 5.03. The van der Waals surface area contributed by atoms with E-state index in [9.17, 15) is 14.4 Å². The largest absolute Gasteiger partial charge is 0.468 e. The lowest BCUT2D eigenvalue weighted by atomic mass is 10.1. The number of aldehydes is 1. The molecule has 0 aliphatic heterocycles. The first kappa shape index (κ1) is 12.9. The quantitative estimate of drug-likeness (QED) is 0.589. The van der Waals surface area contributed by atoms with Gasteiger partial charge >= 0.3 is 5.97 Å². The Hall–Kier alpha value is -2.17. The molecule has 1 rings (SSSR count). The van der Waals surface area contributed by atoms with E-state index in [4.69, 9.17) is 0 Å². The van der Waals surface area contributed by atoms with Crippen LogP contribution in [-0.2, 0) is 20.7 Å². The van der Waals surface area contributed by atoms with Crippen LogP contribution in [0.5, 0.6) is 0 Å². The number of nitrogens with one attached hydrogen (secondary N) is 1. The first-order chi connectivity index (χ1) is 8.15. The van der Waals surface area contributed by atoms with Crippen LogP contribution < -0.4 is 5.32 Å². The van der Waals surface area contributed by atoms with E-state index < -0.39 is 5.97 Å². The molecule has 5 heteroatoms. The Morgan fingerprint density at radius 1 is 1.41 bits per heavy atom. The molecule has 0 aliphatic rings. The summed E-state index contributed by atoms with van der Waals surface area (Å²) in [6, 6.07) is 6.73. The van der Waals surface area contributed by atoms with E-state index in [0.29, 0.717) is 5.56 Å². The van der Waals surface area contributed by atoms with Crippen LogP contribution in [0.4, 0.5) is 0 Å². The maximum absolute atomic E-state index is 11.4. The Morgan fingerprint density at radius 3 is 2.82 bits per heavy atom. The normalized spacial score (nSPS) is 9.47. The molecule has 0 bridgehead atoms. The van der Waals surface area contributed by atoms with Crippen molar-refractivity contribution < 1.29 is 19.1 Å². The van der Waals surface area contributed by atoms with Gasteiger partial charge in [0.2, 0.25) is 5.91 Å². The monoisotopic (exact) mass is 235 g/mol. The summed E-state index contributed by atoms with van der Waals surface area (Å²) >= 11 is 0. The SMILES string of the molecule is COC(=O)CNC(=O)Cc1cccc(C=O)c1. The average molecular weight is 235 g/mol. The summed E-state index contributed by atoms with van der Waals surface area (Å²) in [7, 11) is 1.25. The zero-order valence-corrected chi connectivity index (χ0v) is 9.43. The van der Waals surface area contributed by atoms with Crippen LogP contribution in [0.2, 0.25) is 0 Å². The number of carbonyl (C=O) groups excluding carboxylic acids is 3. The average Bonchev–Trinajstić information content (AvgIpc) is 2.36. The summed E-state index contributed by atoms with van der Waals surface area (Å²) < 4.78 is 4.39. The molecule has 0 aromatic heterocycles. The highest BCUT2D eigenvalue weighted by molar-refractivity contribution is 5.84. The number of amides is 1. The summed E-state index contributed by atoms with van der Waals surface area (Å²) in [5.41, 5.74) is 1.24. The van der Waals surface area contributed by atoms with E-state index in [2.05, 4.69) is 10.1 Å². The molecule has 1 amide bonds. The van der Waals surface area contributed by atoms with Gasteiger partial charge in [0.05, 0.1) is 13.5 Å². The number of rotatable bonds is 5. The number of benzene rings is 1. The fourth-order valence-electron chi connectivity index (χ4n) is 1.27. The second-order valence-corrected chi connectivity index (χ2v) is 3.39. The highest BCUT2D eigenvalue weighted by Gasteiger charge is 2.06. The van der Waals surface area contributed by atoms with E-state index in [-0.39, 0.29) is 18.9 Å². The predicted octanol–water partition coefficient (Wildman–Crippen LogP) is 0.331. The molecule has 1 aromatic rings. The van der Waals surface area contributed by atoms with Crippen molar-refractivity contribution in [2.45, 2.75) is 6.42 Å². The number of carbonyl (C=O) groups is 3. The van der Waals surface area contributed by atoms with Crippen LogP contribution in [0.1, 0.15) is 15.9 Å². The minimum Gasteiger partial charge on any atom is -0.468 e. The van der Waals surface area contributed by atoms with Gasteiger partial charge in [0.25, 0.3) is 0 Å². The van der Waals surface area contributed by atoms with Gasteiger partial charge in [-0.05, 0) is 11.6 Å². The fourth-order valence-corrected chi connectivity index (χ4v) is 1.27. The van der Waals surface area contributed by atoms with E-state index in [0.717, 1.165) is 11.8 Å². The minimum absolute atomic E-state index is 0.124. The summed E-state index contributed by atoms with van der Waals surface area (Å²) in [4.78, 5) is 32.7. The smallest absolute Gasteiger partial charge is 0.325 e. The number of esters is 1. The predicted molar refractivity (Wildman–Crippen MR) is 60.6 cm³/mol. The Balaban J connectivity index is 2.50. The zero-order valence-electron chi connectivity index (χ0n) is 9.43. The van der Waals surface area contributed by atoms with E-state index in [1.165, 1.54) is 7.11 Å². The van der Waals surface area contributed by atoms with Gasteiger partial charge in [-0.15, -0.1) is 0 Å². The van der Waals surface area contributed by atoms with Crippen molar-refractivity contribution in [3.63, 3.8) is 0 Å². The van der Waals surface area contributed by atoms with Gasteiger partial charge in [-0.25, -0.2) is 0 Å². The Kier molecular flexibility index (Phi) is 4.87. The Bertz CT molecular complexity index is 428. The lowest BCUT2D eigenvalue weighted by Gasteiger charge is -2.04. The molecule has 5 nitrogen and oxygen atoms in total. The van der Waals surface area contributed by atoms with Gasteiger partial charge in [-0.1, -0.05) is 18.2 Å². The molecule has 0 atom stereocenters. The zero-order chi connectivity index (χ0) is 12.7. The molecule has 0 fully saturated rings. The maximum atomic E-state index is 11.4. The van der Waals surface area contributed by atoms with Crippen molar-refractivity contribution in [2.24, 2.45) is 0 Å². The van der Waals surface area contributed by atoms with E-state index >= 15 is 0 Å². The Morgan fingerprint density at radius 2 is 2.18 bits per heavy atom. The molecule has 17 heavy (non-hydrogen) atoms. The lowest BCUT2D eigenvalue weighted by molar-refractivity contribution is -0.141. The molecule has 0 spiro atoms. The van der Waals surface area contributed by atoms with E-state index in [1.54, 1.807) is 24.3 Å². The molecule has 0 aliphatic carbocycles. The van der Waals surface area contributed by atoms with Crippen LogP contribution in [0, 0.1) is 0 Å². The summed E-state index contributed by atoms with van der Waals surface area (Å²) in [5, 5.41) is 2.42. The van der Waals surface area contributed by atoms with Crippen molar-refractivity contribution in [1.82, 2.24) is 5.32 Å². The van der Waals surface area contributed by atoms with Crippen molar-refractivity contribution in [3.05, 3.63) is 35.4 Å². The second-order valence-electron chi connectivity index (χ2n) is 3.39. The fraction of sp³-hybridized carbons (Fsp3) is 0.250. The third-order valence-electron chi connectivity index (χ3n) is 2.11. The second kappa shape index (κ2) is 6.42. The number of hydrogen-bond acceptors (Lipinski definition) is 4. The molecule has 0 saturated carbocycles. The van der Waals surface area contributed by atoms with Crippen LogP contribution in [0.15, 0.2) is 24.3 Å². The Labute approximate surface area is 98.8 Å². The van der Waals surface area contributed by atoms with Gasteiger partial charge < -0.3 is 10.1 Å². The number of ether oxygens (including phenoxy) is 1. The van der Waals surface area contributed by atoms with Gasteiger partial charge in [0.1, 0.15) is 12.8 Å². The van der Waals surface area contributed by atoms with Gasteiger partial charge in [0.15, 0.2) is 0 Å². The van der Waals surface area contributed by atoms with Crippen LogP contribution >= 0.6 is 0 Å². The van der Waals surface area contributed by atoms with Gasteiger partial charge in [-0.2, -0.15) is 0 Å². The van der Waals surface area contributed by atoms with Crippen LogP contribution in [0.25, 0.3) is 0 Å². The number of hydrogen-bond donors (Lipinski definition) is 1. The maximum Gasteiger partial charge on any atom is 0.325 e. The lowest BCUT2D eigenvalue weighted by Crippen LogP contribution is -2.31. The van der Waals surface area contributed by atoms with Crippen LogP contribution in [-0.4, -0.2) is 31.8 Å². The topological polar surface area (TPSA) is 72.5 Å². The molecule has 0 unspecified atom stereocenters. The highest BCUT2D eigenvalue weighted by atomic mass is 16.5. The number of methoxy groups -OCH3 is 1. The van der Waals surface area contributed by atoms with Crippen molar-refractivity contribution >= 4 is 18.2 Å². The summed E-state index contributed by atoms with van der Waals surface area (Å²) in [5.74, 6) is -0.793. The third kappa shape index (κ3) is 4.46. The summed E-state index contributed by atoms with van der Waals surface area (Å²) in [6.07, 6.45) is 0.842. The van der Waals surface area contributed by atoms with Crippen molar-refractivity contribution in [3.8, 4) is 0 Å².